The van der Waals surface area contributed by atoms with Crippen LogP contribution in [-0.2, 0) is 60.3 Å². The zero-order valence-corrected chi connectivity index (χ0v) is 32.1. The predicted octanol–water partition coefficient (Wildman–Crippen LogP) is 10.1. The molecule has 0 aliphatic heterocycles. The second-order valence-electron chi connectivity index (χ2n) is 16.1. The molecule has 41 heavy (non-hydrogen) atoms. The van der Waals surface area contributed by atoms with Crippen molar-refractivity contribution in [2.45, 2.75) is 148 Å². The van der Waals surface area contributed by atoms with Crippen molar-refractivity contribution in [2.75, 3.05) is 0 Å². The van der Waals surface area contributed by atoms with E-state index in [4.69, 9.17) is 0 Å². The number of rotatable bonds is 0. The van der Waals surface area contributed by atoms with Crippen LogP contribution < -0.4 is 0 Å². The Labute approximate surface area is 274 Å². The summed E-state index contributed by atoms with van der Waals surface area (Å²) in [6, 6.07) is 9.77. The molecule has 0 spiro atoms. The van der Waals surface area contributed by atoms with Gasteiger partial charge in [-0.1, -0.05) is 123 Å². The van der Waals surface area contributed by atoms with Gasteiger partial charge in [0.2, 0.25) is 0 Å². The molecule has 2 aromatic carbocycles. The number of fused-ring (bicyclic) bond motifs is 4. The van der Waals surface area contributed by atoms with Gasteiger partial charge in [0, 0.05) is 36.1 Å². The molecule has 7 rings (SSSR count). The molecule has 2 aromatic rings. The Hall–Kier alpha value is -0.993. The van der Waals surface area contributed by atoms with Crippen LogP contribution in [0.3, 0.4) is 0 Å². The van der Waals surface area contributed by atoms with Crippen molar-refractivity contribution < 1.29 is 25.8 Å². The fourth-order valence-electron chi connectivity index (χ4n) is 7.05. The molecule has 0 aromatic heterocycles. The van der Waals surface area contributed by atoms with E-state index in [1.807, 2.05) is 0 Å². The summed E-state index contributed by atoms with van der Waals surface area (Å²) in [6.07, 6.45) is 17.2. The van der Waals surface area contributed by atoms with Crippen molar-refractivity contribution in [3.63, 3.8) is 0 Å². The molecule has 0 bridgehead atoms. The average molecular weight is 726 g/mol. The minimum absolute atomic E-state index is 0. The van der Waals surface area contributed by atoms with Crippen LogP contribution in [0.5, 0.6) is 0 Å². The molecule has 5 aliphatic rings. The summed E-state index contributed by atoms with van der Waals surface area (Å²) in [4.78, 5) is 0. The van der Waals surface area contributed by atoms with Gasteiger partial charge >= 0.3 is 0 Å². The Morgan fingerprint density at radius 1 is 0.561 bits per heavy atom. The van der Waals surface area contributed by atoms with E-state index in [-0.39, 0.29) is 25.8 Å². The molecule has 0 heterocycles. The van der Waals surface area contributed by atoms with Crippen LogP contribution in [0.4, 0.5) is 0 Å². The molecule has 0 saturated heterocycles. The van der Waals surface area contributed by atoms with E-state index in [2.05, 4.69) is 116 Å². The SMILES string of the molecule is CC1=[C-]c2cc3c(cc2C1)C(C)(C)CCC3(C)C.CC1=[C-]c2cc3c(cc2C1)C(C)(C)CCC3(C)C.[Hf].[Si]C1CC1. The normalized spacial score (nSPS) is 23.0. The third-order valence-electron chi connectivity index (χ3n) is 10.3. The average Bonchev–Trinajstić information content (AvgIpc) is 3.40. The Balaban J connectivity index is 0.000000163. The van der Waals surface area contributed by atoms with E-state index in [1.165, 1.54) is 71.9 Å². The monoisotopic (exact) mass is 727 g/mol. The van der Waals surface area contributed by atoms with E-state index >= 15 is 0 Å². The third kappa shape index (κ3) is 6.90. The van der Waals surface area contributed by atoms with Crippen LogP contribution in [0.2, 0.25) is 5.54 Å². The van der Waals surface area contributed by atoms with Gasteiger partial charge in [0.25, 0.3) is 0 Å². The second kappa shape index (κ2) is 11.5. The number of benzene rings is 2. The predicted molar refractivity (Wildman–Crippen MR) is 173 cm³/mol. The zero-order valence-electron chi connectivity index (χ0n) is 27.5. The molecular weight excluding hydrogens is 675 g/mol. The fourth-order valence-corrected chi connectivity index (χ4v) is 7.21. The second-order valence-corrected chi connectivity index (χ2v) is 16.9. The van der Waals surface area contributed by atoms with E-state index in [0.29, 0.717) is 21.7 Å². The molecular formula is C39H51HfSi-2. The molecule has 1 fully saturated rings. The van der Waals surface area contributed by atoms with Crippen molar-refractivity contribution in [3.8, 4) is 0 Å². The van der Waals surface area contributed by atoms with Crippen molar-refractivity contribution in [1.29, 1.82) is 0 Å². The molecule has 3 radical (unpaired) electrons. The molecule has 0 atom stereocenters. The Bertz CT molecular complexity index is 1280. The summed E-state index contributed by atoms with van der Waals surface area (Å²) in [5.41, 5.74) is 16.9. The Morgan fingerprint density at radius 3 is 1.10 bits per heavy atom. The molecule has 0 nitrogen and oxygen atoms in total. The minimum atomic E-state index is 0. The summed E-state index contributed by atoms with van der Waals surface area (Å²) in [5.74, 6) is 0. The third-order valence-corrected chi connectivity index (χ3v) is 10.9. The number of hydrogen-bond donors (Lipinski definition) is 0. The summed E-state index contributed by atoms with van der Waals surface area (Å²) >= 11 is 0. The van der Waals surface area contributed by atoms with Crippen LogP contribution in [0.1, 0.15) is 152 Å². The number of hydrogen-bond acceptors (Lipinski definition) is 0. The molecule has 1 saturated carbocycles. The van der Waals surface area contributed by atoms with Crippen molar-refractivity contribution in [1.82, 2.24) is 0 Å². The first kappa shape index (κ1) is 32.9. The molecule has 217 valence electrons. The van der Waals surface area contributed by atoms with E-state index in [1.54, 1.807) is 22.3 Å². The summed E-state index contributed by atoms with van der Waals surface area (Å²) in [5, 5.41) is 0. The first-order chi connectivity index (χ1) is 18.5. The summed E-state index contributed by atoms with van der Waals surface area (Å²) in [6.45, 7) is 23.5. The maximum Gasteiger partial charge on any atom is 0.0266 e. The molecule has 0 amide bonds. The van der Waals surface area contributed by atoms with Gasteiger partial charge in [-0.3, -0.25) is 0 Å². The quantitative estimate of drug-likeness (QED) is 0.187. The topological polar surface area (TPSA) is 0 Å². The Kier molecular flexibility index (Phi) is 9.23. The zero-order chi connectivity index (χ0) is 29.3. The largest absolute Gasteiger partial charge is 0.189 e. The van der Waals surface area contributed by atoms with Crippen molar-refractivity contribution >= 4 is 10.2 Å². The van der Waals surface area contributed by atoms with Crippen molar-refractivity contribution in [3.05, 3.63) is 92.1 Å². The molecule has 0 unspecified atom stereocenters. The summed E-state index contributed by atoms with van der Waals surface area (Å²) in [7, 11) is 3.42. The standard InChI is InChI=1S/2C18H23.C3H5Si.Hf/c2*1-12-8-13-10-15-16(11-14(13)9-12)18(4,5)7-6-17(15,2)3;4-3-1-2-3;/h2*10-11H,6-8H2,1-5H3;3H,1-2H2;/q2*-1;;. The van der Waals surface area contributed by atoms with Crippen LogP contribution in [0.15, 0.2) is 35.4 Å². The fraction of sp³-hybridized carbons (Fsp3) is 0.590. The maximum absolute atomic E-state index is 3.53. The van der Waals surface area contributed by atoms with E-state index in [9.17, 15) is 0 Å². The van der Waals surface area contributed by atoms with Gasteiger partial charge in [-0.25, -0.2) is 0 Å². The summed E-state index contributed by atoms with van der Waals surface area (Å²) < 4.78 is 0. The minimum Gasteiger partial charge on any atom is -0.189 e. The Morgan fingerprint density at radius 2 is 0.829 bits per heavy atom. The van der Waals surface area contributed by atoms with Crippen LogP contribution in [0, 0.1) is 12.2 Å². The van der Waals surface area contributed by atoms with Gasteiger partial charge in [0.05, 0.1) is 0 Å². The maximum atomic E-state index is 3.53. The number of allylic oxidation sites excluding steroid dienone is 2. The molecule has 2 heteroatoms. The first-order valence-electron chi connectivity index (χ1n) is 15.7. The van der Waals surface area contributed by atoms with Crippen LogP contribution in [0.25, 0.3) is 0 Å². The molecule has 5 aliphatic carbocycles. The molecule has 0 N–H and O–H groups in total. The van der Waals surface area contributed by atoms with Gasteiger partial charge in [0.15, 0.2) is 0 Å². The van der Waals surface area contributed by atoms with Crippen LogP contribution >= 0.6 is 0 Å². The van der Waals surface area contributed by atoms with E-state index < -0.39 is 0 Å². The van der Waals surface area contributed by atoms with Gasteiger partial charge < -0.3 is 0 Å². The van der Waals surface area contributed by atoms with Crippen LogP contribution in [-0.4, -0.2) is 10.2 Å². The van der Waals surface area contributed by atoms with Crippen molar-refractivity contribution in [2.24, 2.45) is 0 Å². The van der Waals surface area contributed by atoms with E-state index in [0.717, 1.165) is 18.4 Å². The van der Waals surface area contributed by atoms with Gasteiger partial charge in [-0.2, -0.15) is 35.4 Å². The van der Waals surface area contributed by atoms with Gasteiger partial charge in [0.1, 0.15) is 0 Å². The first-order valence-corrected chi connectivity index (χ1v) is 16.3. The smallest absolute Gasteiger partial charge is 0.0266 e. The van der Waals surface area contributed by atoms with Gasteiger partial charge in [-0.15, -0.1) is 34.4 Å². The van der Waals surface area contributed by atoms with Gasteiger partial charge in [-0.05, 0) is 47.3 Å².